The first-order chi connectivity index (χ1) is 9.93. The van der Waals surface area contributed by atoms with Gasteiger partial charge in [-0.3, -0.25) is 4.79 Å². The number of nitrogens with two attached hydrogens (primary N) is 1. The third-order valence-electron chi connectivity index (χ3n) is 3.49. The van der Waals surface area contributed by atoms with Gasteiger partial charge < -0.3 is 20.7 Å². The number of hydrogen-bond donors (Lipinski definition) is 2. The van der Waals surface area contributed by atoms with Gasteiger partial charge in [0.2, 0.25) is 5.91 Å². The van der Waals surface area contributed by atoms with Crippen LogP contribution in [0, 0.1) is 0 Å². The number of nitrogens with one attached hydrogen (secondary N) is 1. The predicted octanol–water partition coefficient (Wildman–Crippen LogP) is 2.16. The minimum absolute atomic E-state index is 0.0235. The topological polar surface area (TPSA) is 67.6 Å². The van der Waals surface area contributed by atoms with Crippen molar-refractivity contribution >= 4 is 17.3 Å². The fourth-order valence-corrected chi connectivity index (χ4v) is 2.60. The van der Waals surface area contributed by atoms with Crippen LogP contribution in [0.2, 0.25) is 0 Å². The molecule has 0 unspecified atom stereocenters. The molecule has 0 fully saturated rings. The Hall–Kier alpha value is -1.91. The van der Waals surface area contributed by atoms with Gasteiger partial charge in [0.25, 0.3) is 0 Å². The molecule has 1 amide bonds. The van der Waals surface area contributed by atoms with Gasteiger partial charge in [0.15, 0.2) is 0 Å². The Morgan fingerprint density at radius 3 is 2.95 bits per heavy atom. The molecule has 21 heavy (non-hydrogen) atoms. The largest absolute Gasteiger partial charge is 0.484 e. The molecule has 116 valence electrons. The molecular weight excluding hydrogens is 266 g/mol. The van der Waals surface area contributed by atoms with Gasteiger partial charge in [-0.25, -0.2) is 0 Å². The Morgan fingerprint density at radius 1 is 1.48 bits per heavy atom. The Labute approximate surface area is 126 Å². The van der Waals surface area contributed by atoms with E-state index in [1.807, 2.05) is 36.9 Å². The van der Waals surface area contributed by atoms with Crippen LogP contribution in [0.15, 0.2) is 18.2 Å². The van der Waals surface area contributed by atoms with E-state index in [9.17, 15) is 4.79 Å². The van der Waals surface area contributed by atoms with Gasteiger partial charge in [0.05, 0.1) is 18.8 Å². The highest BCUT2D eigenvalue weighted by molar-refractivity contribution is 5.85. The fourth-order valence-electron chi connectivity index (χ4n) is 2.60. The summed E-state index contributed by atoms with van der Waals surface area (Å²) in [4.78, 5) is 14.1. The molecule has 0 aliphatic carbocycles. The van der Waals surface area contributed by atoms with Crippen molar-refractivity contribution in [1.29, 1.82) is 0 Å². The number of fused-ring (bicyclic) bond motifs is 1. The number of rotatable bonds is 5. The lowest BCUT2D eigenvalue weighted by atomic mass is 10.0. The van der Waals surface area contributed by atoms with Crippen LogP contribution >= 0.6 is 0 Å². The van der Waals surface area contributed by atoms with Crippen molar-refractivity contribution in [2.24, 2.45) is 0 Å². The van der Waals surface area contributed by atoms with Crippen LogP contribution in [0.5, 0.6) is 5.75 Å². The number of hydrogen-bond acceptors (Lipinski definition) is 4. The number of anilines is 2. The van der Waals surface area contributed by atoms with Gasteiger partial charge in [0.1, 0.15) is 17.0 Å². The van der Waals surface area contributed by atoms with Crippen molar-refractivity contribution < 1.29 is 9.53 Å². The highest BCUT2D eigenvalue weighted by atomic mass is 16.5. The van der Waals surface area contributed by atoms with Gasteiger partial charge in [-0.15, -0.1) is 0 Å². The number of ether oxygens (including phenoxy) is 1. The zero-order chi connectivity index (χ0) is 15.5. The van der Waals surface area contributed by atoms with E-state index in [2.05, 4.69) is 12.2 Å². The maximum absolute atomic E-state index is 12.1. The van der Waals surface area contributed by atoms with Crippen molar-refractivity contribution in [3.63, 3.8) is 0 Å². The number of para-hydroxylation sites is 1. The van der Waals surface area contributed by atoms with Crippen LogP contribution in [-0.2, 0) is 4.79 Å². The summed E-state index contributed by atoms with van der Waals surface area (Å²) in [6, 6.07) is 5.60. The predicted molar refractivity (Wildman–Crippen MR) is 85.7 cm³/mol. The van der Waals surface area contributed by atoms with Crippen molar-refractivity contribution in [1.82, 2.24) is 5.32 Å². The van der Waals surface area contributed by atoms with E-state index in [0.29, 0.717) is 18.8 Å². The van der Waals surface area contributed by atoms with Crippen LogP contribution in [-0.4, -0.2) is 31.1 Å². The highest BCUT2D eigenvalue weighted by Crippen LogP contribution is 2.40. The quantitative estimate of drug-likeness (QED) is 0.644. The number of carbonyl (C=O) groups is 1. The van der Waals surface area contributed by atoms with Crippen molar-refractivity contribution in [3.8, 4) is 5.75 Å². The molecule has 5 heteroatoms. The van der Waals surface area contributed by atoms with E-state index in [1.165, 1.54) is 0 Å². The molecule has 0 saturated heterocycles. The molecule has 1 aliphatic heterocycles. The van der Waals surface area contributed by atoms with Gasteiger partial charge >= 0.3 is 0 Å². The molecule has 1 aliphatic rings. The molecule has 0 atom stereocenters. The Bertz CT molecular complexity index is 514. The van der Waals surface area contributed by atoms with E-state index in [0.717, 1.165) is 30.8 Å². The van der Waals surface area contributed by atoms with Crippen molar-refractivity contribution in [2.75, 3.05) is 30.3 Å². The van der Waals surface area contributed by atoms with E-state index in [1.54, 1.807) is 0 Å². The summed E-state index contributed by atoms with van der Waals surface area (Å²) < 4.78 is 5.96. The molecule has 0 bridgehead atoms. The summed E-state index contributed by atoms with van der Waals surface area (Å²) in [6.45, 7) is 7.79. The fraction of sp³-hybridized carbons (Fsp3) is 0.562. The SMILES string of the molecule is CCCCNC(=O)CN1CC(C)(C)Oc2cccc(N)c21. The van der Waals surface area contributed by atoms with Crippen LogP contribution in [0.3, 0.4) is 0 Å². The summed E-state index contributed by atoms with van der Waals surface area (Å²) in [5.41, 5.74) is 7.19. The molecule has 0 spiro atoms. The molecule has 0 radical (unpaired) electrons. The summed E-state index contributed by atoms with van der Waals surface area (Å²) in [5.74, 6) is 0.767. The van der Waals surface area contributed by atoms with Crippen LogP contribution in [0.4, 0.5) is 11.4 Å². The maximum Gasteiger partial charge on any atom is 0.239 e. The van der Waals surface area contributed by atoms with E-state index >= 15 is 0 Å². The number of carbonyl (C=O) groups excluding carboxylic acids is 1. The second kappa shape index (κ2) is 6.24. The molecule has 0 saturated carbocycles. The summed E-state index contributed by atoms with van der Waals surface area (Å²) in [6.07, 6.45) is 2.07. The Morgan fingerprint density at radius 2 is 2.24 bits per heavy atom. The lowest BCUT2D eigenvalue weighted by Gasteiger charge is -2.41. The maximum atomic E-state index is 12.1. The Balaban J connectivity index is 2.14. The lowest BCUT2D eigenvalue weighted by molar-refractivity contribution is -0.119. The van der Waals surface area contributed by atoms with E-state index in [-0.39, 0.29) is 11.5 Å². The zero-order valence-electron chi connectivity index (χ0n) is 13.1. The lowest BCUT2D eigenvalue weighted by Crippen LogP contribution is -2.50. The molecule has 1 heterocycles. The highest BCUT2D eigenvalue weighted by Gasteiger charge is 2.33. The van der Waals surface area contributed by atoms with Gasteiger partial charge in [0, 0.05) is 6.54 Å². The first-order valence-corrected chi connectivity index (χ1v) is 7.52. The minimum Gasteiger partial charge on any atom is -0.484 e. The molecule has 0 aromatic heterocycles. The normalized spacial score (nSPS) is 16.0. The number of benzene rings is 1. The van der Waals surface area contributed by atoms with Crippen molar-refractivity contribution in [3.05, 3.63) is 18.2 Å². The molecule has 3 N–H and O–H groups in total. The first-order valence-electron chi connectivity index (χ1n) is 7.52. The second-order valence-corrected chi connectivity index (χ2v) is 6.12. The molecule has 2 rings (SSSR count). The number of nitrogen functional groups attached to an aromatic ring is 1. The minimum atomic E-state index is -0.343. The summed E-state index contributed by atoms with van der Waals surface area (Å²) in [5, 5.41) is 2.95. The second-order valence-electron chi connectivity index (χ2n) is 6.12. The van der Waals surface area contributed by atoms with Gasteiger partial charge in [-0.05, 0) is 32.4 Å². The average Bonchev–Trinajstić information content (AvgIpc) is 2.37. The monoisotopic (exact) mass is 291 g/mol. The smallest absolute Gasteiger partial charge is 0.239 e. The zero-order valence-corrected chi connectivity index (χ0v) is 13.1. The van der Waals surface area contributed by atoms with E-state index < -0.39 is 0 Å². The number of unbranched alkanes of at least 4 members (excludes halogenated alkanes) is 1. The molecule has 5 nitrogen and oxygen atoms in total. The first kappa shape index (κ1) is 15.5. The summed E-state index contributed by atoms with van der Waals surface area (Å²) in [7, 11) is 0. The van der Waals surface area contributed by atoms with Gasteiger partial charge in [-0.2, -0.15) is 0 Å². The molecular formula is C16H25N3O2. The Kier molecular flexibility index (Phi) is 4.60. The van der Waals surface area contributed by atoms with Crippen LogP contribution in [0.1, 0.15) is 33.6 Å². The molecule has 1 aromatic rings. The van der Waals surface area contributed by atoms with Crippen LogP contribution < -0.4 is 20.7 Å². The van der Waals surface area contributed by atoms with Crippen LogP contribution in [0.25, 0.3) is 0 Å². The molecule has 1 aromatic carbocycles. The number of amides is 1. The summed E-state index contributed by atoms with van der Waals surface area (Å²) >= 11 is 0. The number of nitrogens with zero attached hydrogens (tertiary/aromatic N) is 1. The van der Waals surface area contributed by atoms with E-state index in [4.69, 9.17) is 10.5 Å². The third-order valence-corrected chi connectivity index (χ3v) is 3.49. The van der Waals surface area contributed by atoms with Gasteiger partial charge in [-0.1, -0.05) is 19.4 Å². The third kappa shape index (κ3) is 3.80. The van der Waals surface area contributed by atoms with Crippen molar-refractivity contribution in [2.45, 2.75) is 39.2 Å². The average molecular weight is 291 g/mol. The standard InChI is InChI=1S/C16H25N3O2/c1-4-5-9-18-14(20)10-19-11-16(2,3)21-13-8-6-7-12(17)15(13)19/h6-8H,4-5,9-11,17H2,1-3H3,(H,18,20).